The SMILES string of the molecule is C[C@H](CO)N1C[C@H](C)[C@@H](CN(C)Cc2ccc(Oc3ccccc3)cc2)Oc2ccc(NS(=O)(=O)c3cn(C)cn3)cc2C1=O. The first-order valence-electron chi connectivity index (χ1n) is 14.8. The molecule has 5 rings (SSSR count). The van der Waals surface area contributed by atoms with Crippen molar-refractivity contribution in [1.29, 1.82) is 0 Å². The summed E-state index contributed by atoms with van der Waals surface area (Å²) >= 11 is 0. The molecule has 4 aromatic rings. The molecule has 0 fully saturated rings. The van der Waals surface area contributed by atoms with Crippen molar-refractivity contribution in [1.82, 2.24) is 19.4 Å². The number of carbonyl (C=O) groups excluding carboxylic acids is 1. The Labute approximate surface area is 264 Å². The summed E-state index contributed by atoms with van der Waals surface area (Å²) in [5, 5.41) is 9.84. The zero-order chi connectivity index (χ0) is 32.1. The van der Waals surface area contributed by atoms with Gasteiger partial charge in [0.1, 0.15) is 23.4 Å². The van der Waals surface area contributed by atoms with Crippen molar-refractivity contribution in [2.24, 2.45) is 13.0 Å². The lowest BCUT2D eigenvalue weighted by Crippen LogP contribution is -2.49. The van der Waals surface area contributed by atoms with Crippen molar-refractivity contribution >= 4 is 21.6 Å². The van der Waals surface area contributed by atoms with Gasteiger partial charge in [0.15, 0.2) is 5.03 Å². The summed E-state index contributed by atoms with van der Waals surface area (Å²) in [5.74, 6) is 1.47. The second kappa shape index (κ2) is 13.7. The number of rotatable bonds is 11. The van der Waals surface area contributed by atoms with E-state index in [1.165, 1.54) is 23.2 Å². The Morgan fingerprint density at radius 1 is 1.11 bits per heavy atom. The smallest absolute Gasteiger partial charge is 0.280 e. The summed E-state index contributed by atoms with van der Waals surface area (Å²) in [6.45, 7) is 5.18. The summed E-state index contributed by atoms with van der Waals surface area (Å²) in [6.07, 6.45) is 2.49. The Hall–Kier alpha value is -4.39. The number of aliphatic hydroxyl groups excluding tert-OH is 1. The molecule has 11 nitrogen and oxygen atoms in total. The molecule has 0 bridgehead atoms. The van der Waals surface area contributed by atoms with Gasteiger partial charge in [0.2, 0.25) is 0 Å². The lowest BCUT2D eigenvalue weighted by Gasteiger charge is -2.38. The number of hydrogen-bond donors (Lipinski definition) is 2. The second-order valence-electron chi connectivity index (χ2n) is 11.6. The van der Waals surface area contributed by atoms with E-state index in [9.17, 15) is 18.3 Å². The minimum Gasteiger partial charge on any atom is -0.488 e. The maximum Gasteiger partial charge on any atom is 0.280 e. The van der Waals surface area contributed by atoms with Gasteiger partial charge in [-0.1, -0.05) is 37.3 Å². The molecule has 2 N–H and O–H groups in total. The highest BCUT2D eigenvalue weighted by Crippen LogP contribution is 2.31. The molecule has 0 saturated carbocycles. The summed E-state index contributed by atoms with van der Waals surface area (Å²) < 4.78 is 42.3. The molecule has 0 saturated heterocycles. The first-order valence-corrected chi connectivity index (χ1v) is 16.2. The van der Waals surface area contributed by atoms with E-state index >= 15 is 0 Å². The fourth-order valence-corrected chi connectivity index (χ4v) is 6.24. The number of ether oxygens (including phenoxy) is 2. The number of sulfonamides is 1. The summed E-state index contributed by atoms with van der Waals surface area (Å²) in [6, 6.07) is 21.8. The van der Waals surface area contributed by atoms with Crippen molar-refractivity contribution in [3.05, 3.63) is 96.4 Å². The van der Waals surface area contributed by atoms with Crippen molar-refractivity contribution in [3.8, 4) is 17.2 Å². The average molecular weight is 634 g/mol. The van der Waals surface area contributed by atoms with E-state index in [1.54, 1.807) is 31.0 Å². The van der Waals surface area contributed by atoms with Crippen LogP contribution in [0.25, 0.3) is 0 Å². The molecular formula is C33H39N5O6S. The van der Waals surface area contributed by atoms with Crippen LogP contribution >= 0.6 is 0 Å². The number of benzene rings is 3. The highest BCUT2D eigenvalue weighted by molar-refractivity contribution is 7.92. The molecule has 238 valence electrons. The van der Waals surface area contributed by atoms with Gasteiger partial charge in [-0.3, -0.25) is 14.4 Å². The minimum atomic E-state index is -3.97. The van der Waals surface area contributed by atoms with E-state index in [0.717, 1.165) is 17.1 Å². The molecule has 0 aliphatic carbocycles. The van der Waals surface area contributed by atoms with Crippen LogP contribution in [0.15, 0.2) is 90.3 Å². The van der Waals surface area contributed by atoms with E-state index in [-0.39, 0.29) is 40.8 Å². The largest absolute Gasteiger partial charge is 0.488 e. The van der Waals surface area contributed by atoms with Crippen LogP contribution in [-0.2, 0) is 23.6 Å². The number of hydrogen-bond acceptors (Lipinski definition) is 8. The highest BCUT2D eigenvalue weighted by Gasteiger charge is 2.34. The first kappa shape index (κ1) is 32.0. The number of fused-ring (bicyclic) bond motifs is 1. The summed E-state index contributed by atoms with van der Waals surface area (Å²) in [7, 11) is -0.283. The fourth-order valence-electron chi connectivity index (χ4n) is 5.21. The van der Waals surface area contributed by atoms with Gasteiger partial charge < -0.3 is 24.0 Å². The Morgan fingerprint density at radius 2 is 1.82 bits per heavy atom. The number of para-hydroxylation sites is 1. The lowest BCUT2D eigenvalue weighted by molar-refractivity contribution is 0.0341. The Bertz CT molecular complexity index is 1710. The number of nitrogens with zero attached hydrogens (tertiary/aromatic N) is 4. The molecule has 3 aromatic carbocycles. The van der Waals surface area contributed by atoms with Crippen molar-refractivity contribution in [3.63, 3.8) is 0 Å². The van der Waals surface area contributed by atoms with Crippen LogP contribution in [0.4, 0.5) is 5.69 Å². The zero-order valence-corrected chi connectivity index (χ0v) is 26.6. The predicted molar refractivity (Wildman–Crippen MR) is 171 cm³/mol. The van der Waals surface area contributed by atoms with Gasteiger partial charge in [-0.05, 0) is 62.0 Å². The number of nitrogens with one attached hydrogen (secondary N) is 1. The number of aliphatic hydroxyl groups is 1. The topological polar surface area (TPSA) is 126 Å². The minimum absolute atomic E-state index is 0.0671. The third kappa shape index (κ3) is 7.83. The quantitative estimate of drug-likeness (QED) is 0.250. The van der Waals surface area contributed by atoms with Crippen LogP contribution in [0.3, 0.4) is 0 Å². The number of amides is 1. The molecule has 1 aliphatic rings. The van der Waals surface area contributed by atoms with Crippen molar-refractivity contribution in [2.45, 2.75) is 37.6 Å². The molecule has 1 aliphatic heterocycles. The zero-order valence-electron chi connectivity index (χ0n) is 25.8. The average Bonchev–Trinajstić information content (AvgIpc) is 3.47. The second-order valence-corrected chi connectivity index (χ2v) is 13.2. The van der Waals surface area contributed by atoms with Gasteiger partial charge in [0.05, 0.1) is 24.5 Å². The monoisotopic (exact) mass is 633 g/mol. The number of anilines is 1. The van der Waals surface area contributed by atoms with E-state index in [2.05, 4.69) is 14.6 Å². The molecule has 3 atom stereocenters. The standard InChI is InChI=1S/C33H39N5O6S/c1-23-17-38(24(2)21-39)33(40)29-16-26(35-45(41,42)32-20-37(4)22-34-32)12-15-30(29)44-31(23)19-36(3)18-25-10-13-28(14-11-25)43-27-8-6-5-7-9-27/h5-16,20,22-24,31,35,39H,17-19,21H2,1-4H3/t23-,24+,31+/m0/s1. The molecule has 0 unspecified atom stereocenters. The molecule has 1 aromatic heterocycles. The fraction of sp³-hybridized carbons (Fsp3) is 0.333. The maximum atomic E-state index is 13.8. The first-order chi connectivity index (χ1) is 21.5. The highest BCUT2D eigenvalue weighted by atomic mass is 32.2. The predicted octanol–water partition coefficient (Wildman–Crippen LogP) is 4.37. The third-order valence-corrected chi connectivity index (χ3v) is 8.99. The lowest BCUT2D eigenvalue weighted by atomic mass is 9.99. The van der Waals surface area contributed by atoms with E-state index in [0.29, 0.717) is 25.4 Å². The van der Waals surface area contributed by atoms with Crippen LogP contribution in [0.2, 0.25) is 0 Å². The number of imidazole rings is 1. The van der Waals surface area contributed by atoms with Gasteiger partial charge in [-0.15, -0.1) is 0 Å². The van der Waals surface area contributed by atoms with Gasteiger partial charge in [0, 0.05) is 44.5 Å². The van der Waals surface area contributed by atoms with E-state index in [1.807, 2.05) is 68.6 Å². The molecule has 2 heterocycles. The van der Waals surface area contributed by atoms with E-state index < -0.39 is 16.1 Å². The molecule has 45 heavy (non-hydrogen) atoms. The van der Waals surface area contributed by atoms with Crippen LogP contribution in [-0.4, -0.2) is 77.7 Å². The van der Waals surface area contributed by atoms with Crippen molar-refractivity contribution in [2.75, 3.05) is 31.5 Å². The van der Waals surface area contributed by atoms with Gasteiger partial charge in [-0.2, -0.15) is 8.42 Å². The number of aryl methyl sites for hydroxylation is 1. The molecule has 0 spiro atoms. The Kier molecular flexibility index (Phi) is 9.76. The van der Waals surface area contributed by atoms with Crippen LogP contribution < -0.4 is 14.2 Å². The molecule has 1 amide bonds. The molecular weight excluding hydrogens is 594 g/mol. The van der Waals surface area contributed by atoms with Gasteiger partial charge in [-0.25, -0.2) is 4.98 Å². The Morgan fingerprint density at radius 3 is 2.49 bits per heavy atom. The van der Waals surface area contributed by atoms with E-state index in [4.69, 9.17) is 9.47 Å². The molecule has 0 radical (unpaired) electrons. The summed E-state index contributed by atoms with van der Waals surface area (Å²) in [4.78, 5) is 21.5. The number of carbonyl (C=O) groups is 1. The van der Waals surface area contributed by atoms with Gasteiger partial charge >= 0.3 is 0 Å². The summed E-state index contributed by atoms with van der Waals surface area (Å²) in [5.41, 5.74) is 1.52. The van der Waals surface area contributed by atoms with Crippen molar-refractivity contribution < 1.29 is 27.8 Å². The van der Waals surface area contributed by atoms with Gasteiger partial charge in [0.25, 0.3) is 15.9 Å². The normalized spacial score (nSPS) is 17.6. The molecule has 12 heteroatoms. The maximum absolute atomic E-state index is 13.8. The number of aromatic nitrogens is 2. The Balaban J connectivity index is 1.33. The van der Waals surface area contributed by atoms with Crippen LogP contribution in [0, 0.1) is 5.92 Å². The third-order valence-electron chi connectivity index (χ3n) is 7.72. The van der Waals surface area contributed by atoms with Crippen LogP contribution in [0.5, 0.6) is 17.2 Å². The number of likely N-dealkylation sites (N-methyl/N-ethyl adjacent to an activating group) is 1. The van der Waals surface area contributed by atoms with Crippen LogP contribution in [0.1, 0.15) is 29.8 Å².